The molecule has 0 saturated carbocycles. The minimum Gasteiger partial charge on any atom is -1.00 e. The van der Waals surface area contributed by atoms with E-state index in [-0.39, 0.29) is 12.4 Å². The Morgan fingerprint density at radius 3 is 1.11 bits per heavy atom. The van der Waals surface area contributed by atoms with Crippen molar-refractivity contribution in [2.24, 2.45) is 0 Å². The van der Waals surface area contributed by atoms with Crippen LogP contribution in [0, 0.1) is 0 Å². The second kappa shape index (κ2) is 5.50. The molecule has 0 spiro atoms. The van der Waals surface area contributed by atoms with E-state index in [0.29, 0.717) is 0 Å². The SMILES string of the molecule is CC[P+](C)(CC)CC.[Cl-]. The summed E-state index contributed by atoms with van der Waals surface area (Å²) in [5.41, 5.74) is 0. The third-order valence-electron chi connectivity index (χ3n) is 2.29. The van der Waals surface area contributed by atoms with Crippen LogP contribution < -0.4 is 12.4 Å². The van der Waals surface area contributed by atoms with Gasteiger partial charge < -0.3 is 12.4 Å². The first-order valence-electron chi connectivity index (χ1n) is 3.52. The zero-order chi connectivity index (χ0) is 6.62. The number of hydrogen-bond donors (Lipinski definition) is 0. The van der Waals surface area contributed by atoms with Gasteiger partial charge in [0.25, 0.3) is 0 Å². The average molecular weight is 169 g/mol. The lowest BCUT2D eigenvalue weighted by atomic mass is 10.9. The quantitative estimate of drug-likeness (QED) is 0.508. The summed E-state index contributed by atoms with van der Waals surface area (Å²) in [5.74, 6) is 0. The molecule has 0 atom stereocenters. The Kier molecular flexibility index (Phi) is 7.58. The average Bonchev–Trinajstić information content (AvgIpc) is 1.87. The molecule has 0 heterocycles. The van der Waals surface area contributed by atoms with Crippen LogP contribution >= 0.6 is 7.26 Å². The highest BCUT2D eigenvalue weighted by atomic mass is 35.5. The van der Waals surface area contributed by atoms with Crippen LogP contribution in [0.25, 0.3) is 0 Å². The second-order valence-electron chi connectivity index (χ2n) is 2.57. The van der Waals surface area contributed by atoms with Crippen LogP contribution in [-0.2, 0) is 0 Å². The fraction of sp³-hybridized carbons (Fsp3) is 1.00. The zero-order valence-corrected chi connectivity index (χ0v) is 8.60. The largest absolute Gasteiger partial charge is 1.00 e. The predicted octanol–water partition coefficient (Wildman–Crippen LogP) is -0.302. The van der Waals surface area contributed by atoms with E-state index < -0.39 is 7.26 Å². The Labute approximate surface area is 66.2 Å². The van der Waals surface area contributed by atoms with Gasteiger partial charge in [-0.05, 0) is 20.8 Å². The van der Waals surface area contributed by atoms with E-state index in [9.17, 15) is 0 Å². The van der Waals surface area contributed by atoms with Gasteiger partial charge in [0.1, 0.15) is 0 Å². The van der Waals surface area contributed by atoms with Crippen LogP contribution in [0.15, 0.2) is 0 Å². The van der Waals surface area contributed by atoms with E-state index in [1.807, 2.05) is 0 Å². The predicted molar refractivity (Wildman–Crippen MR) is 44.5 cm³/mol. The van der Waals surface area contributed by atoms with Gasteiger partial charge in [-0.25, -0.2) is 0 Å². The highest BCUT2D eigenvalue weighted by molar-refractivity contribution is 7.75. The summed E-state index contributed by atoms with van der Waals surface area (Å²) >= 11 is 0. The smallest absolute Gasteiger partial charge is 0.0563 e. The van der Waals surface area contributed by atoms with E-state index in [4.69, 9.17) is 0 Å². The van der Waals surface area contributed by atoms with E-state index in [2.05, 4.69) is 27.4 Å². The molecule has 0 aliphatic rings. The molecule has 0 bridgehead atoms. The second-order valence-corrected chi connectivity index (χ2v) is 7.70. The molecule has 0 aromatic carbocycles. The minimum absolute atomic E-state index is 0. The van der Waals surface area contributed by atoms with Gasteiger partial charge in [0.15, 0.2) is 0 Å². The van der Waals surface area contributed by atoms with Gasteiger partial charge in [-0.15, -0.1) is 0 Å². The summed E-state index contributed by atoms with van der Waals surface area (Å²) in [5, 5.41) is 0. The van der Waals surface area contributed by atoms with Crippen LogP contribution in [0.4, 0.5) is 0 Å². The standard InChI is InChI=1S/C7H18P.ClH/c1-5-8(4,6-2)7-3;/h5-7H2,1-4H3;1H/q+1;/p-1. The molecule has 0 aromatic heterocycles. The summed E-state index contributed by atoms with van der Waals surface area (Å²) < 4.78 is 0. The summed E-state index contributed by atoms with van der Waals surface area (Å²) in [6, 6.07) is 0. The van der Waals surface area contributed by atoms with Gasteiger partial charge in [-0.3, -0.25) is 0 Å². The van der Waals surface area contributed by atoms with Gasteiger partial charge in [0.05, 0.1) is 18.5 Å². The van der Waals surface area contributed by atoms with Crippen molar-refractivity contribution >= 4 is 7.26 Å². The van der Waals surface area contributed by atoms with Crippen LogP contribution in [0.2, 0.25) is 0 Å². The van der Waals surface area contributed by atoms with Gasteiger partial charge in [0, 0.05) is 13.9 Å². The van der Waals surface area contributed by atoms with Crippen molar-refractivity contribution in [3.8, 4) is 0 Å². The van der Waals surface area contributed by atoms with Crippen molar-refractivity contribution in [2.45, 2.75) is 20.8 Å². The Balaban J connectivity index is 0. The zero-order valence-electron chi connectivity index (χ0n) is 6.95. The maximum Gasteiger partial charge on any atom is 0.0563 e. The molecule has 9 heavy (non-hydrogen) atoms. The molecule has 0 unspecified atom stereocenters. The lowest BCUT2D eigenvalue weighted by Gasteiger charge is -2.16. The molecule has 2 heteroatoms. The van der Waals surface area contributed by atoms with Crippen LogP contribution in [-0.4, -0.2) is 25.2 Å². The fourth-order valence-electron chi connectivity index (χ4n) is 0.671. The normalized spacial score (nSPS) is 10.7. The molecule has 0 fully saturated rings. The third kappa shape index (κ3) is 4.17. The molecule has 0 amide bonds. The van der Waals surface area contributed by atoms with Crippen molar-refractivity contribution < 1.29 is 12.4 Å². The molecule has 0 radical (unpaired) electrons. The van der Waals surface area contributed by atoms with Crippen molar-refractivity contribution in [3.63, 3.8) is 0 Å². The highest BCUT2D eigenvalue weighted by Gasteiger charge is 2.22. The third-order valence-corrected chi connectivity index (χ3v) is 6.87. The van der Waals surface area contributed by atoms with Gasteiger partial charge in [0.2, 0.25) is 0 Å². The Bertz CT molecular complexity index is 51.7. The lowest BCUT2D eigenvalue weighted by Crippen LogP contribution is -3.00. The summed E-state index contributed by atoms with van der Waals surface area (Å²) in [4.78, 5) is 0. The van der Waals surface area contributed by atoms with E-state index in [0.717, 1.165) is 0 Å². The monoisotopic (exact) mass is 168 g/mol. The van der Waals surface area contributed by atoms with Gasteiger partial charge in [-0.2, -0.15) is 0 Å². The summed E-state index contributed by atoms with van der Waals surface area (Å²) in [7, 11) is -0.412. The van der Waals surface area contributed by atoms with E-state index >= 15 is 0 Å². The molecule has 0 rings (SSSR count). The molecule has 0 saturated heterocycles. The Morgan fingerprint density at radius 2 is 1.11 bits per heavy atom. The summed E-state index contributed by atoms with van der Waals surface area (Å²) in [6.07, 6.45) is 4.29. The number of halogens is 1. The van der Waals surface area contributed by atoms with Crippen LogP contribution in [0.3, 0.4) is 0 Å². The highest BCUT2D eigenvalue weighted by Crippen LogP contribution is 2.53. The molecular formula is C7H18ClP. The Morgan fingerprint density at radius 1 is 0.889 bits per heavy atom. The van der Waals surface area contributed by atoms with Crippen molar-refractivity contribution in [2.75, 3.05) is 25.2 Å². The fourth-order valence-corrected chi connectivity index (χ4v) is 2.01. The minimum atomic E-state index is -0.412. The molecule has 0 N–H and O–H groups in total. The molecule has 0 nitrogen and oxygen atoms in total. The first-order chi connectivity index (χ1) is 3.68. The molecule has 0 aliphatic carbocycles. The van der Waals surface area contributed by atoms with Gasteiger partial charge >= 0.3 is 0 Å². The Hall–Kier alpha value is 0.720. The van der Waals surface area contributed by atoms with Crippen molar-refractivity contribution in [1.29, 1.82) is 0 Å². The molecule has 0 aliphatic heterocycles. The first kappa shape index (κ1) is 12.4. The maximum absolute atomic E-state index is 2.47. The van der Waals surface area contributed by atoms with Gasteiger partial charge in [-0.1, -0.05) is 0 Å². The first-order valence-corrected chi connectivity index (χ1v) is 6.31. The van der Waals surface area contributed by atoms with Crippen molar-refractivity contribution in [1.82, 2.24) is 0 Å². The number of rotatable bonds is 3. The summed E-state index contributed by atoms with van der Waals surface area (Å²) in [6.45, 7) is 9.43. The van der Waals surface area contributed by atoms with E-state index in [1.165, 1.54) is 18.5 Å². The molecular weight excluding hydrogens is 151 g/mol. The topological polar surface area (TPSA) is 0 Å². The molecule has 0 aromatic rings. The van der Waals surface area contributed by atoms with Crippen molar-refractivity contribution in [3.05, 3.63) is 0 Å². The van der Waals surface area contributed by atoms with E-state index in [1.54, 1.807) is 0 Å². The lowest BCUT2D eigenvalue weighted by molar-refractivity contribution is -0.00000202. The molecule has 58 valence electrons. The van der Waals surface area contributed by atoms with Crippen LogP contribution in [0.1, 0.15) is 20.8 Å². The maximum atomic E-state index is 2.47. The number of hydrogen-bond acceptors (Lipinski definition) is 0. The van der Waals surface area contributed by atoms with Crippen LogP contribution in [0.5, 0.6) is 0 Å².